The van der Waals surface area contributed by atoms with Gasteiger partial charge < -0.3 is 0 Å². The molecule has 0 saturated carbocycles. The molecule has 0 saturated heterocycles. The van der Waals surface area contributed by atoms with Crippen LogP contribution < -0.4 is 5.56 Å². The molecule has 0 aliphatic rings. The van der Waals surface area contributed by atoms with Gasteiger partial charge in [0, 0.05) is 35.9 Å². The molecule has 2 aromatic carbocycles. The largest absolute Gasteiger partial charge is 0.416 e. The van der Waals surface area contributed by atoms with Gasteiger partial charge in [-0.15, -0.1) is 0 Å². The number of alkyl halides is 3. The van der Waals surface area contributed by atoms with Crippen molar-refractivity contribution in [1.82, 2.24) is 8.87 Å². The van der Waals surface area contributed by atoms with E-state index in [0.717, 1.165) is 16.4 Å². The van der Waals surface area contributed by atoms with Crippen LogP contribution in [0.1, 0.15) is 5.56 Å². The second kappa shape index (κ2) is 6.93. The Morgan fingerprint density at radius 3 is 2.17 bits per heavy atom. The Kier molecular flexibility index (Phi) is 4.75. The van der Waals surface area contributed by atoms with Crippen molar-refractivity contribution in [3.8, 4) is 5.69 Å². The second-order valence-corrected chi connectivity index (χ2v) is 9.75. The molecule has 0 fully saturated rings. The molecular formula is C20H15F3N2O3S2. The number of sulfonamides is 1. The van der Waals surface area contributed by atoms with Crippen LogP contribution in [0.5, 0.6) is 0 Å². The summed E-state index contributed by atoms with van der Waals surface area (Å²) in [6, 6.07) is 8.66. The highest BCUT2D eigenvalue weighted by Crippen LogP contribution is 2.32. The third-order valence-corrected chi connectivity index (χ3v) is 7.38. The minimum Gasteiger partial charge on any atom is -0.276 e. The molecule has 0 unspecified atom stereocenters. The lowest BCUT2D eigenvalue weighted by atomic mass is 10.1. The van der Waals surface area contributed by atoms with Gasteiger partial charge in [-0.25, -0.2) is 12.7 Å². The fraction of sp³-hybridized carbons (Fsp3) is 0.150. The van der Waals surface area contributed by atoms with E-state index in [1.54, 1.807) is 10.8 Å². The van der Waals surface area contributed by atoms with Crippen LogP contribution in [-0.2, 0) is 16.2 Å². The molecule has 0 atom stereocenters. The lowest BCUT2D eigenvalue weighted by Gasteiger charge is -2.15. The van der Waals surface area contributed by atoms with Gasteiger partial charge in [0.25, 0.3) is 5.56 Å². The Hall–Kier alpha value is -2.69. The van der Waals surface area contributed by atoms with Crippen LogP contribution in [0.3, 0.4) is 0 Å². The molecule has 0 bridgehead atoms. The number of thiophene rings is 1. The van der Waals surface area contributed by atoms with Crippen LogP contribution >= 0.6 is 11.3 Å². The fourth-order valence-corrected chi connectivity index (χ4v) is 5.00. The van der Waals surface area contributed by atoms with Crippen molar-refractivity contribution < 1.29 is 21.6 Å². The molecule has 10 heteroatoms. The molecule has 2 aromatic heterocycles. The van der Waals surface area contributed by atoms with Crippen LogP contribution in [0, 0.1) is 0 Å². The molecule has 0 aliphatic carbocycles. The quantitative estimate of drug-likeness (QED) is 0.461. The molecule has 0 radical (unpaired) electrons. The van der Waals surface area contributed by atoms with E-state index in [1.165, 1.54) is 60.3 Å². The van der Waals surface area contributed by atoms with Crippen LogP contribution in [0.4, 0.5) is 13.2 Å². The smallest absolute Gasteiger partial charge is 0.276 e. The molecule has 30 heavy (non-hydrogen) atoms. The van der Waals surface area contributed by atoms with E-state index in [-0.39, 0.29) is 16.1 Å². The van der Waals surface area contributed by atoms with Gasteiger partial charge >= 0.3 is 6.18 Å². The average molecular weight is 452 g/mol. The summed E-state index contributed by atoms with van der Waals surface area (Å²) in [5, 5.41) is 4.88. The van der Waals surface area contributed by atoms with Gasteiger partial charge in [-0.2, -0.15) is 24.5 Å². The number of rotatable bonds is 3. The van der Waals surface area contributed by atoms with Crippen molar-refractivity contribution in [3.05, 3.63) is 69.1 Å². The zero-order valence-corrected chi connectivity index (χ0v) is 17.4. The van der Waals surface area contributed by atoms with Gasteiger partial charge in [-0.1, -0.05) is 0 Å². The van der Waals surface area contributed by atoms with E-state index in [2.05, 4.69) is 0 Å². The molecule has 0 amide bonds. The maximum Gasteiger partial charge on any atom is 0.416 e. The predicted octanol–water partition coefficient (Wildman–Crippen LogP) is 4.47. The van der Waals surface area contributed by atoms with Crippen molar-refractivity contribution in [2.75, 3.05) is 14.1 Å². The number of hydrogen-bond donors (Lipinski definition) is 0. The first-order chi connectivity index (χ1) is 14.0. The highest BCUT2D eigenvalue weighted by atomic mass is 32.2. The van der Waals surface area contributed by atoms with Gasteiger partial charge in [-0.3, -0.25) is 9.36 Å². The van der Waals surface area contributed by atoms with E-state index >= 15 is 0 Å². The Labute approximate surface area is 173 Å². The summed E-state index contributed by atoms with van der Waals surface area (Å²) in [5.41, 5.74) is -0.543. The number of hydrogen-bond acceptors (Lipinski definition) is 4. The van der Waals surface area contributed by atoms with Crippen molar-refractivity contribution in [3.63, 3.8) is 0 Å². The first-order valence-corrected chi connectivity index (χ1v) is 11.0. The van der Waals surface area contributed by atoms with E-state index in [9.17, 15) is 26.4 Å². The van der Waals surface area contributed by atoms with Crippen LogP contribution in [-0.4, -0.2) is 31.4 Å². The summed E-state index contributed by atoms with van der Waals surface area (Å²) in [4.78, 5) is 13.2. The van der Waals surface area contributed by atoms with E-state index in [0.29, 0.717) is 21.7 Å². The number of halogens is 3. The molecule has 0 aliphatic heterocycles. The van der Waals surface area contributed by atoms with E-state index in [4.69, 9.17) is 0 Å². The molecule has 5 nitrogen and oxygen atoms in total. The van der Waals surface area contributed by atoms with Gasteiger partial charge in [0.05, 0.1) is 21.4 Å². The van der Waals surface area contributed by atoms with Crippen molar-refractivity contribution >= 4 is 43.0 Å². The Bertz CT molecular complexity index is 1430. The Balaban J connectivity index is 2.05. The summed E-state index contributed by atoms with van der Waals surface area (Å²) in [6.07, 6.45) is -4.49. The van der Waals surface area contributed by atoms with Crippen LogP contribution in [0.25, 0.3) is 27.4 Å². The number of aromatic nitrogens is 1. The number of nitrogens with zero attached hydrogens (tertiary/aromatic N) is 2. The van der Waals surface area contributed by atoms with Gasteiger partial charge in [0.15, 0.2) is 0 Å². The average Bonchev–Trinajstić information content (AvgIpc) is 3.18. The minimum atomic E-state index is -4.49. The highest BCUT2D eigenvalue weighted by Gasteiger charge is 2.30. The summed E-state index contributed by atoms with van der Waals surface area (Å²) >= 11 is 1.29. The molecule has 0 N–H and O–H groups in total. The normalized spacial score (nSPS) is 12.9. The summed E-state index contributed by atoms with van der Waals surface area (Å²) in [7, 11) is -0.866. The van der Waals surface area contributed by atoms with E-state index in [1.807, 2.05) is 0 Å². The lowest BCUT2D eigenvalue weighted by Crippen LogP contribution is -2.23. The number of benzene rings is 2. The zero-order chi connectivity index (χ0) is 21.8. The van der Waals surface area contributed by atoms with Crippen LogP contribution in [0.15, 0.2) is 62.9 Å². The lowest BCUT2D eigenvalue weighted by molar-refractivity contribution is -0.137. The highest BCUT2D eigenvalue weighted by molar-refractivity contribution is 7.89. The van der Waals surface area contributed by atoms with Crippen molar-refractivity contribution in [2.45, 2.75) is 11.1 Å². The standard InChI is InChI=1S/C20H15F3N2O3S2/c1-24(2)30(27,28)14-7-8-18-15(9-14)16-10-29-11-17(16)19(26)25(18)13-5-3-12(4-6-13)20(21,22)23/h3-11H,1-2H3. The maximum atomic E-state index is 13.1. The summed E-state index contributed by atoms with van der Waals surface area (Å²) in [6.45, 7) is 0. The SMILES string of the molecule is CN(C)S(=O)(=O)c1ccc2c(c1)c1cscc1c(=O)n2-c1ccc(C(F)(F)F)cc1. The first-order valence-electron chi connectivity index (χ1n) is 8.66. The van der Waals surface area contributed by atoms with E-state index < -0.39 is 21.8 Å². The van der Waals surface area contributed by atoms with Crippen LogP contribution in [0.2, 0.25) is 0 Å². The molecule has 4 aromatic rings. The molecule has 0 spiro atoms. The molecule has 2 heterocycles. The molecular weight excluding hydrogens is 437 g/mol. The Morgan fingerprint density at radius 2 is 1.57 bits per heavy atom. The second-order valence-electron chi connectivity index (χ2n) is 6.85. The third kappa shape index (κ3) is 3.21. The number of pyridine rings is 1. The fourth-order valence-electron chi connectivity index (χ4n) is 3.25. The van der Waals surface area contributed by atoms with Gasteiger partial charge in [-0.05, 0) is 47.8 Å². The topological polar surface area (TPSA) is 59.4 Å². The van der Waals surface area contributed by atoms with Crippen molar-refractivity contribution in [2.24, 2.45) is 0 Å². The maximum absolute atomic E-state index is 13.1. The number of fused-ring (bicyclic) bond motifs is 3. The molecule has 4 rings (SSSR count). The third-order valence-electron chi connectivity index (χ3n) is 4.83. The summed E-state index contributed by atoms with van der Waals surface area (Å²) in [5.74, 6) is 0. The van der Waals surface area contributed by atoms with Gasteiger partial charge in [0.1, 0.15) is 0 Å². The molecule has 156 valence electrons. The van der Waals surface area contributed by atoms with Crippen molar-refractivity contribution in [1.29, 1.82) is 0 Å². The Morgan fingerprint density at radius 1 is 0.933 bits per heavy atom. The first kappa shape index (κ1) is 20.6. The summed E-state index contributed by atoms with van der Waals surface area (Å²) < 4.78 is 66.2. The minimum absolute atomic E-state index is 0.0603. The predicted molar refractivity (Wildman–Crippen MR) is 111 cm³/mol. The van der Waals surface area contributed by atoms with Gasteiger partial charge in [0.2, 0.25) is 10.0 Å². The zero-order valence-electron chi connectivity index (χ0n) is 15.8. The monoisotopic (exact) mass is 452 g/mol.